The average Bonchev–Trinajstić information content (AvgIpc) is 2.14. The molecule has 43 valence electrons. The molecule has 0 spiro atoms. The van der Waals surface area contributed by atoms with Gasteiger partial charge in [-0.3, -0.25) is 0 Å². The molecule has 0 amide bonds. The number of nitrogens with zero attached hydrogens (tertiary/aromatic N) is 2. The van der Waals surface area contributed by atoms with E-state index in [0.717, 1.165) is 0 Å². The highest BCUT2D eigenvalue weighted by Crippen LogP contribution is 2.11. The molecule has 0 aliphatic rings. The van der Waals surface area contributed by atoms with Crippen LogP contribution in [0.3, 0.4) is 0 Å². The van der Waals surface area contributed by atoms with Gasteiger partial charge in [-0.15, -0.1) is 10.2 Å². The maximum absolute atomic E-state index is 4.91. The monoisotopic (exact) mass is 129 g/mol. The molecule has 0 N–H and O–H groups in total. The molecule has 0 aliphatic carbocycles. The molecule has 4 heteroatoms. The predicted octanol–water partition coefficient (Wildman–Crippen LogP) is 1.26. The van der Waals surface area contributed by atoms with Crippen molar-refractivity contribution in [1.82, 2.24) is 10.2 Å². The van der Waals surface area contributed by atoms with Gasteiger partial charge in [-0.1, -0.05) is 11.8 Å². The number of thioether (sulfide) groups is 1. The molecule has 1 aromatic heterocycles. The van der Waals surface area contributed by atoms with E-state index in [0.29, 0.717) is 11.1 Å². The summed E-state index contributed by atoms with van der Waals surface area (Å²) >= 11 is 1.20. The largest absolute Gasteiger partial charge is 0.416 e. The zero-order valence-corrected chi connectivity index (χ0v) is 5.23. The van der Waals surface area contributed by atoms with Crippen LogP contribution in [-0.4, -0.2) is 10.2 Å². The van der Waals surface area contributed by atoms with Crippen LogP contribution < -0.4 is 0 Å². The van der Waals surface area contributed by atoms with Crippen molar-refractivity contribution >= 4 is 11.8 Å². The van der Waals surface area contributed by atoms with E-state index in [1.165, 1.54) is 11.8 Å². The van der Waals surface area contributed by atoms with Crippen molar-refractivity contribution in [2.24, 2.45) is 0 Å². The molecule has 1 heterocycles. The summed E-state index contributed by atoms with van der Waals surface area (Å²) in [7, 11) is 0. The highest BCUT2D eigenvalue weighted by molar-refractivity contribution is 8.00. The first-order valence-corrected chi connectivity index (χ1v) is 3.03. The van der Waals surface area contributed by atoms with Crippen LogP contribution in [0.5, 0.6) is 0 Å². The zero-order valence-electron chi connectivity index (χ0n) is 4.42. The van der Waals surface area contributed by atoms with E-state index in [1.807, 2.05) is 0 Å². The second-order valence-corrected chi connectivity index (χ2v) is 1.87. The fourth-order valence-electron chi connectivity index (χ4n) is 0.337. The Morgan fingerprint density at radius 2 is 2.38 bits per heavy atom. The molecular formula is C4H5N2OS. The van der Waals surface area contributed by atoms with E-state index in [4.69, 9.17) is 4.42 Å². The third-order valence-corrected chi connectivity index (χ3v) is 1.04. The summed E-state index contributed by atoms with van der Waals surface area (Å²) in [6, 6.07) is 0. The van der Waals surface area contributed by atoms with Gasteiger partial charge in [0.15, 0.2) is 0 Å². The van der Waals surface area contributed by atoms with Crippen LogP contribution in [0.1, 0.15) is 5.89 Å². The molecule has 0 fully saturated rings. The van der Waals surface area contributed by atoms with E-state index >= 15 is 0 Å². The number of aromatic nitrogens is 2. The van der Waals surface area contributed by atoms with Gasteiger partial charge in [0.25, 0.3) is 5.22 Å². The first-order chi connectivity index (χ1) is 3.83. The molecule has 0 bridgehead atoms. The van der Waals surface area contributed by atoms with Crippen LogP contribution in [0, 0.1) is 13.2 Å². The first-order valence-electron chi connectivity index (χ1n) is 2.05. The predicted molar refractivity (Wildman–Crippen MR) is 30.2 cm³/mol. The number of hydrogen-bond donors (Lipinski definition) is 0. The molecule has 0 atom stereocenters. The van der Waals surface area contributed by atoms with E-state index in [1.54, 1.807) is 6.92 Å². The Hall–Kier alpha value is -0.510. The normalized spacial score (nSPS) is 9.75. The number of aryl methyl sites for hydroxylation is 1. The van der Waals surface area contributed by atoms with Crippen molar-refractivity contribution < 1.29 is 4.42 Å². The van der Waals surface area contributed by atoms with Gasteiger partial charge in [-0.05, 0) is 0 Å². The summed E-state index contributed by atoms with van der Waals surface area (Å²) in [6.07, 6.45) is 3.49. The molecule has 1 rings (SSSR count). The third kappa shape index (κ3) is 1.01. The van der Waals surface area contributed by atoms with Crippen molar-refractivity contribution in [2.75, 3.05) is 0 Å². The van der Waals surface area contributed by atoms with Gasteiger partial charge in [0.05, 0.1) is 0 Å². The quantitative estimate of drug-likeness (QED) is 0.535. The van der Waals surface area contributed by atoms with Crippen LogP contribution in [0.25, 0.3) is 0 Å². The van der Waals surface area contributed by atoms with Crippen LogP contribution in [0.15, 0.2) is 9.64 Å². The molecule has 1 radical (unpaired) electrons. The van der Waals surface area contributed by atoms with Crippen LogP contribution >= 0.6 is 11.8 Å². The molecule has 0 saturated carbocycles. The van der Waals surface area contributed by atoms with Crippen LogP contribution in [0.4, 0.5) is 0 Å². The van der Waals surface area contributed by atoms with Crippen molar-refractivity contribution in [2.45, 2.75) is 12.1 Å². The maximum Gasteiger partial charge on any atom is 0.276 e. The van der Waals surface area contributed by atoms with Gasteiger partial charge < -0.3 is 4.42 Å². The summed E-state index contributed by atoms with van der Waals surface area (Å²) in [5, 5.41) is 7.74. The SMILES string of the molecule is [CH2]Sc1nnc(C)o1. The Morgan fingerprint density at radius 1 is 1.62 bits per heavy atom. The number of rotatable bonds is 1. The van der Waals surface area contributed by atoms with E-state index in [2.05, 4.69) is 16.5 Å². The van der Waals surface area contributed by atoms with E-state index in [9.17, 15) is 0 Å². The summed E-state index contributed by atoms with van der Waals surface area (Å²) < 4.78 is 4.91. The Bertz CT molecular complexity index is 174. The fraction of sp³-hybridized carbons (Fsp3) is 0.250. The molecular weight excluding hydrogens is 124 g/mol. The van der Waals surface area contributed by atoms with Crippen LogP contribution in [-0.2, 0) is 0 Å². The van der Waals surface area contributed by atoms with E-state index in [-0.39, 0.29) is 0 Å². The molecule has 8 heavy (non-hydrogen) atoms. The lowest BCUT2D eigenvalue weighted by molar-refractivity contribution is 0.430. The fourth-order valence-corrected chi connectivity index (χ4v) is 0.615. The Kier molecular flexibility index (Phi) is 1.53. The van der Waals surface area contributed by atoms with Gasteiger partial charge >= 0.3 is 0 Å². The molecule has 0 saturated heterocycles. The second kappa shape index (κ2) is 2.17. The van der Waals surface area contributed by atoms with E-state index < -0.39 is 0 Å². The standard InChI is InChI=1S/C4H5N2OS/c1-3-5-6-4(7-3)8-2/h2H2,1H3. The van der Waals surface area contributed by atoms with Gasteiger partial charge in [0.2, 0.25) is 5.89 Å². The lowest BCUT2D eigenvalue weighted by Crippen LogP contribution is -1.67. The average molecular weight is 129 g/mol. The van der Waals surface area contributed by atoms with Crippen LogP contribution in [0.2, 0.25) is 0 Å². The molecule has 0 aliphatic heterocycles. The summed E-state index contributed by atoms with van der Waals surface area (Å²) in [5.41, 5.74) is 0. The van der Waals surface area contributed by atoms with Gasteiger partial charge in [0.1, 0.15) is 0 Å². The zero-order chi connectivity index (χ0) is 5.98. The molecule has 1 aromatic rings. The summed E-state index contributed by atoms with van der Waals surface area (Å²) in [5.74, 6) is 0.580. The Labute approximate surface area is 51.5 Å². The lowest BCUT2D eigenvalue weighted by atomic mass is 10.8. The van der Waals surface area contributed by atoms with Gasteiger partial charge in [0, 0.05) is 13.2 Å². The summed E-state index contributed by atoms with van der Waals surface area (Å²) in [4.78, 5) is 0. The molecule has 0 unspecified atom stereocenters. The van der Waals surface area contributed by atoms with Crippen molar-refractivity contribution in [3.63, 3.8) is 0 Å². The first kappa shape index (κ1) is 5.62. The Balaban J connectivity index is 2.84. The molecule has 3 nitrogen and oxygen atoms in total. The second-order valence-electron chi connectivity index (χ2n) is 1.23. The van der Waals surface area contributed by atoms with Gasteiger partial charge in [-0.2, -0.15) is 0 Å². The Morgan fingerprint density at radius 3 is 2.62 bits per heavy atom. The van der Waals surface area contributed by atoms with Crippen molar-refractivity contribution in [1.29, 1.82) is 0 Å². The minimum atomic E-state index is 0.516. The van der Waals surface area contributed by atoms with Crippen molar-refractivity contribution in [3.8, 4) is 0 Å². The third-order valence-electron chi connectivity index (χ3n) is 0.631. The molecule has 0 aromatic carbocycles. The summed E-state index contributed by atoms with van der Waals surface area (Å²) in [6.45, 7) is 1.74. The number of hydrogen-bond acceptors (Lipinski definition) is 4. The van der Waals surface area contributed by atoms with Crippen molar-refractivity contribution in [3.05, 3.63) is 12.1 Å². The topological polar surface area (TPSA) is 38.9 Å². The minimum Gasteiger partial charge on any atom is -0.416 e. The maximum atomic E-state index is 4.91. The van der Waals surface area contributed by atoms with Gasteiger partial charge in [-0.25, -0.2) is 0 Å². The highest BCUT2D eigenvalue weighted by atomic mass is 32.2. The smallest absolute Gasteiger partial charge is 0.276 e. The lowest BCUT2D eigenvalue weighted by Gasteiger charge is -1.76. The minimum absolute atomic E-state index is 0.516. The highest BCUT2D eigenvalue weighted by Gasteiger charge is 1.95.